The number of carbonyl (C=O) groups is 1. The van der Waals surface area contributed by atoms with Gasteiger partial charge in [-0.2, -0.15) is 0 Å². The fourth-order valence-corrected chi connectivity index (χ4v) is 2.33. The molecule has 0 bridgehead atoms. The van der Waals surface area contributed by atoms with Crippen molar-refractivity contribution in [2.24, 2.45) is 0 Å². The monoisotopic (exact) mass is 348 g/mol. The van der Waals surface area contributed by atoms with Gasteiger partial charge in [-0.1, -0.05) is 30.3 Å². The zero-order valence-electron chi connectivity index (χ0n) is 11.7. The second-order valence-corrected chi connectivity index (χ2v) is 5.28. The number of anilines is 1. The number of urea groups is 1. The summed E-state index contributed by atoms with van der Waals surface area (Å²) in [6.45, 7) is 0.538. The van der Waals surface area contributed by atoms with E-state index in [1.165, 1.54) is 0 Å². The zero-order valence-corrected chi connectivity index (χ0v) is 13.3. The molecule has 2 aromatic rings. The largest absolute Gasteiger partial charge is 0.496 e. The van der Waals surface area contributed by atoms with E-state index in [0.29, 0.717) is 13.0 Å². The van der Waals surface area contributed by atoms with Crippen molar-refractivity contribution in [1.82, 2.24) is 5.32 Å². The van der Waals surface area contributed by atoms with Gasteiger partial charge in [-0.05, 0) is 46.1 Å². The van der Waals surface area contributed by atoms with Crippen molar-refractivity contribution >= 4 is 27.6 Å². The highest BCUT2D eigenvalue weighted by Gasteiger charge is 2.05. The maximum atomic E-state index is 11.8. The average Bonchev–Trinajstić information content (AvgIpc) is 2.50. The van der Waals surface area contributed by atoms with Crippen LogP contribution in [0, 0.1) is 0 Å². The number of benzene rings is 2. The van der Waals surface area contributed by atoms with E-state index in [1.54, 1.807) is 7.11 Å². The number of para-hydroxylation sites is 2. The van der Waals surface area contributed by atoms with Crippen molar-refractivity contribution in [3.05, 3.63) is 58.6 Å². The van der Waals surface area contributed by atoms with Crippen LogP contribution in [-0.4, -0.2) is 19.7 Å². The standard InChI is InChI=1S/C16H17BrN2O2/c1-21-15-9-5-2-6-12(15)10-11-18-16(20)19-14-8-4-3-7-13(14)17/h2-9H,10-11H2,1H3,(H2,18,19,20). The molecule has 21 heavy (non-hydrogen) atoms. The molecule has 5 heteroatoms. The topological polar surface area (TPSA) is 50.4 Å². The molecule has 0 fully saturated rings. The van der Waals surface area contributed by atoms with Crippen LogP contribution in [0.3, 0.4) is 0 Å². The maximum Gasteiger partial charge on any atom is 0.319 e. The normalized spacial score (nSPS) is 10.0. The first-order chi connectivity index (χ1) is 10.2. The Morgan fingerprint density at radius 2 is 1.86 bits per heavy atom. The van der Waals surface area contributed by atoms with Crippen molar-refractivity contribution in [2.45, 2.75) is 6.42 Å². The lowest BCUT2D eigenvalue weighted by molar-refractivity contribution is 0.252. The first-order valence-corrected chi connectivity index (χ1v) is 7.41. The third-order valence-electron chi connectivity index (χ3n) is 2.99. The third kappa shape index (κ3) is 4.49. The van der Waals surface area contributed by atoms with E-state index < -0.39 is 0 Å². The van der Waals surface area contributed by atoms with Crippen LogP contribution in [0.15, 0.2) is 53.0 Å². The minimum atomic E-state index is -0.225. The Labute approximate surface area is 132 Å². The van der Waals surface area contributed by atoms with Crippen molar-refractivity contribution < 1.29 is 9.53 Å². The lowest BCUT2D eigenvalue weighted by atomic mass is 10.1. The van der Waals surface area contributed by atoms with Crippen LogP contribution in [0.5, 0.6) is 5.75 Å². The molecule has 0 heterocycles. The van der Waals surface area contributed by atoms with Gasteiger partial charge in [-0.25, -0.2) is 4.79 Å². The maximum absolute atomic E-state index is 11.8. The molecular formula is C16H17BrN2O2. The van der Waals surface area contributed by atoms with Gasteiger partial charge in [-0.15, -0.1) is 0 Å². The van der Waals surface area contributed by atoms with Crippen LogP contribution in [-0.2, 0) is 6.42 Å². The fourth-order valence-electron chi connectivity index (χ4n) is 1.95. The molecule has 0 saturated heterocycles. The van der Waals surface area contributed by atoms with Gasteiger partial charge in [0.1, 0.15) is 5.75 Å². The summed E-state index contributed by atoms with van der Waals surface area (Å²) in [5.74, 6) is 0.838. The second kappa shape index (κ2) is 7.69. The number of carbonyl (C=O) groups excluding carboxylic acids is 1. The summed E-state index contributed by atoms with van der Waals surface area (Å²) in [6.07, 6.45) is 0.716. The number of methoxy groups -OCH3 is 1. The summed E-state index contributed by atoms with van der Waals surface area (Å²) in [5, 5.41) is 5.63. The van der Waals surface area contributed by atoms with E-state index in [9.17, 15) is 4.79 Å². The van der Waals surface area contributed by atoms with Gasteiger partial charge in [0.05, 0.1) is 12.8 Å². The molecule has 0 aliphatic carbocycles. The van der Waals surface area contributed by atoms with Gasteiger partial charge in [0.15, 0.2) is 0 Å². The highest BCUT2D eigenvalue weighted by molar-refractivity contribution is 9.10. The quantitative estimate of drug-likeness (QED) is 0.862. The van der Waals surface area contributed by atoms with Crippen LogP contribution in [0.25, 0.3) is 0 Å². The first kappa shape index (κ1) is 15.4. The number of hydrogen-bond donors (Lipinski definition) is 2. The Kier molecular flexibility index (Phi) is 5.63. The van der Waals surface area contributed by atoms with Crippen molar-refractivity contribution in [3.63, 3.8) is 0 Å². The smallest absolute Gasteiger partial charge is 0.319 e. The third-order valence-corrected chi connectivity index (χ3v) is 3.69. The van der Waals surface area contributed by atoms with Gasteiger partial charge in [0, 0.05) is 11.0 Å². The van der Waals surface area contributed by atoms with Crippen molar-refractivity contribution in [1.29, 1.82) is 0 Å². The number of nitrogens with one attached hydrogen (secondary N) is 2. The predicted molar refractivity (Wildman–Crippen MR) is 87.9 cm³/mol. The molecular weight excluding hydrogens is 332 g/mol. The Morgan fingerprint density at radius 3 is 2.62 bits per heavy atom. The minimum Gasteiger partial charge on any atom is -0.496 e. The number of halogens is 1. The van der Waals surface area contributed by atoms with Gasteiger partial charge >= 0.3 is 6.03 Å². The Hall–Kier alpha value is -2.01. The Balaban J connectivity index is 1.83. The highest BCUT2D eigenvalue weighted by Crippen LogP contribution is 2.21. The molecule has 2 aromatic carbocycles. The van der Waals surface area contributed by atoms with Crippen LogP contribution < -0.4 is 15.4 Å². The summed E-state index contributed by atoms with van der Waals surface area (Å²) in [4.78, 5) is 11.8. The molecule has 0 saturated carbocycles. The second-order valence-electron chi connectivity index (χ2n) is 4.42. The van der Waals surface area contributed by atoms with Crippen LogP contribution >= 0.6 is 15.9 Å². The van der Waals surface area contributed by atoms with Gasteiger partial charge < -0.3 is 15.4 Å². The summed E-state index contributed by atoms with van der Waals surface area (Å²) >= 11 is 3.39. The average molecular weight is 349 g/mol. The van der Waals surface area contributed by atoms with Crippen molar-refractivity contribution in [3.8, 4) is 5.75 Å². The molecule has 0 radical (unpaired) electrons. The Bertz CT molecular complexity index is 617. The van der Waals surface area contributed by atoms with Gasteiger partial charge in [0.25, 0.3) is 0 Å². The van der Waals surface area contributed by atoms with E-state index in [0.717, 1.165) is 21.5 Å². The summed E-state index contributed by atoms with van der Waals surface area (Å²) in [7, 11) is 1.64. The minimum absolute atomic E-state index is 0.225. The summed E-state index contributed by atoms with van der Waals surface area (Å²) < 4.78 is 6.13. The summed E-state index contributed by atoms with van der Waals surface area (Å²) in [5.41, 5.74) is 1.81. The summed E-state index contributed by atoms with van der Waals surface area (Å²) in [6, 6.07) is 15.0. The van der Waals surface area contributed by atoms with Crippen LogP contribution in [0.2, 0.25) is 0 Å². The molecule has 0 unspecified atom stereocenters. The first-order valence-electron chi connectivity index (χ1n) is 6.62. The lowest BCUT2D eigenvalue weighted by Gasteiger charge is -2.10. The zero-order chi connectivity index (χ0) is 15.1. The Morgan fingerprint density at radius 1 is 1.14 bits per heavy atom. The highest BCUT2D eigenvalue weighted by atomic mass is 79.9. The molecule has 2 rings (SSSR count). The molecule has 0 aliphatic rings. The molecule has 2 amide bonds. The van der Waals surface area contributed by atoms with E-state index in [1.807, 2.05) is 48.5 Å². The number of ether oxygens (including phenoxy) is 1. The van der Waals surface area contributed by atoms with E-state index >= 15 is 0 Å². The van der Waals surface area contributed by atoms with Crippen LogP contribution in [0.1, 0.15) is 5.56 Å². The number of rotatable bonds is 5. The van der Waals surface area contributed by atoms with E-state index in [4.69, 9.17) is 4.74 Å². The van der Waals surface area contributed by atoms with Gasteiger partial charge in [0.2, 0.25) is 0 Å². The predicted octanol–water partition coefficient (Wildman–Crippen LogP) is 3.82. The van der Waals surface area contributed by atoms with Crippen molar-refractivity contribution in [2.75, 3.05) is 19.0 Å². The molecule has 0 spiro atoms. The van der Waals surface area contributed by atoms with E-state index in [2.05, 4.69) is 26.6 Å². The molecule has 2 N–H and O–H groups in total. The molecule has 0 atom stereocenters. The molecule has 4 nitrogen and oxygen atoms in total. The molecule has 110 valence electrons. The SMILES string of the molecule is COc1ccccc1CCNC(=O)Nc1ccccc1Br. The lowest BCUT2D eigenvalue weighted by Crippen LogP contribution is -2.30. The number of amides is 2. The fraction of sp³-hybridized carbons (Fsp3) is 0.188. The number of hydrogen-bond acceptors (Lipinski definition) is 2. The molecule has 0 aromatic heterocycles. The van der Waals surface area contributed by atoms with Gasteiger partial charge in [-0.3, -0.25) is 0 Å². The van der Waals surface area contributed by atoms with E-state index in [-0.39, 0.29) is 6.03 Å². The molecule has 0 aliphatic heterocycles. The van der Waals surface area contributed by atoms with Crippen LogP contribution in [0.4, 0.5) is 10.5 Å².